The fourth-order valence-corrected chi connectivity index (χ4v) is 3.62. The van der Waals surface area contributed by atoms with Crippen molar-refractivity contribution >= 4 is 5.91 Å². The van der Waals surface area contributed by atoms with E-state index in [4.69, 9.17) is 0 Å². The molecule has 2 saturated heterocycles. The van der Waals surface area contributed by atoms with Gasteiger partial charge < -0.3 is 10.0 Å². The van der Waals surface area contributed by atoms with Gasteiger partial charge in [-0.3, -0.25) is 9.69 Å². The Kier molecular flexibility index (Phi) is 4.74. The van der Waals surface area contributed by atoms with E-state index in [2.05, 4.69) is 4.90 Å². The summed E-state index contributed by atoms with van der Waals surface area (Å²) in [5, 5.41) is 9.80. The van der Waals surface area contributed by atoms with Gasteiger partial charge in [-0.25, -0.2) is 0 Å². The molecule has 126 valence electrons. The lowest BCUT2D eigenvalue weighted by molar-refractivity contribution is 0.0571. The molecule has 2 aliphatic heterocycles. The molecule has 1 amide bonds. The molecule has 0 saturated carbocycles. The monoisotopic (exact) mass is 316 g/mol. The molecule has 3 rings (SSSR count). The summed E-state index contributed by atoms with van der Waals surface area (Å²) in [6.07, 6.45) is 4.05. The Morgan fingerprint density at radius 2 is 1.96 bits per heavy atom. The molecule has 0 unspecified atom stereocenters. The van der Waals surface area contributed by atoms with E-state index in [1.165, 1.54) is 24.9 Å². The fraction of sp³-hybridized carbons (Fsp3) is 0.632. The van der Waals surface area contributed by atoms with E-state index in [1.807, 2.05) is 43.0 Å². The zero-order chi connectivity index (χ0) is 16.4. The highest BCUT2D eigenvalue weighted by Gasteiger charge is 2.32. The van der Waals surface area contributed by atoms with Gasteiger partial charge in [0.2, 0.25) is 0 Å². The molecule has 1 atom stereocenters. The van der Waals surface area contributed by atoms with E-state index in [9.17, 15) is 9.90 Å². The number of aliphatic hydroxyl groups is 1. The summed E-state index contributed by atoms with van der Waals surface area (Å²) < 4.78 is 0. The van der Waals surface area contributed by atoms with E-state index in [-0.39, 0.29) is 5.91 Å². The van der Waals surface area contributed by atoms with Crippen LogP contribution >= 0.6 is 0 Å². The van der Waals surface area contributed by atoms with Crippen LogP contribution in [0.1, 0.15) is 49.0 Å². The number of fused-ring (bicyclic) bond motifs is 1. The van der Waals surface area contributed by atoms with E-state index >= 15 is 0 Å². The first-order valence-corrected chi connectivity index (χ1v) is 8.77. The Morgan fingerprint density at radius 1 is 1.22 bits per heavy atom. The molecular formula is C19H28N2O2. The zero-order valence-corrected chi connectivity index (χ0v) is 14.3. The largest absolute Gasteiger partial charge is 0.390 e. The molecule has 0 radical (unpaired) electrons. The van der Waals surface area contributed by atoms with E-state index < -0.39 is 5.60 Å². The molecule has 0 bridgehead atoms. The topological polar surface area (TPSA) is 43.8 Å². The summed E-state index contributed by atoms with van der Waals surface area (Å²) in [6, 6.07) is 8.47. The van der Waals surface area contributed by atoms with Gasteiger partial charge in [0.05, 0.1) is 5.60 Å². The second-order valence-electron chi connectivity index (χ2n) is 7.59. The normalized spacial score (nSPS) is 22.2. The van der Waals surface area contributed by atoms with Crippen LogP contribution in [0.2, 0.25) is 0 Å². The second-order valence-corrected chi connectivity index (χ2v) is 7.59. The molecule has 0 spiro atoms. The predicted molar refractivity (Wildman–Crippen MR) is 91.6 cm³/mol. The SMILES string of the molecule is CC(C)(O)CCc1ccc(C(=O)N2CCN3CCC[C@H]3C2)cc1. The van der Waals surface area contributed by atoms with Crippen LogP contribution in [0, 0.1) is 0 Å². The molecule has 0 aromatic heterocycles. The number of aryl methyl sites for hydroxylation is 1. The highest BCUT2D eigenvalue weighted by Crippen LogP contribution is 2.23. The minimum atomic E-state index is -0.643. The molecule has 2 heterocycles. The lowest BCUT2D eigenvalue weighted by Gasteiger charge is -2.37. The summed E-state index contributed by atoms with van der Waals surface area (Å²) in [6.45, 7) is 7.58. The maximum absolute atomic E-state index is 12.7. The van der Waals surface area contributed by atoms with Crippen molar-refractivity contribution in [2.75, 3.05) is 26.2 Å². The summed E-state index contributed by atoms with van der Waals surface area (Å²) in [5.41, 5.74) is 1.31. The highest BCUT2D eigenvalue weighted by atomic mass is 16.3. The van der Waals surface area contributed by atoms with Crippen molar-refractivity contribution in [1.82, 2.24) is 9.80 Å². The maximum atomic E-state index is 12.7. The predicted octanol–water partition coefficient (Wildman–Crippen LogP) is 2.31. The third kappa shape index (κ3) is 4.12. The zero-order valence-electron chi connectivity index (χ0n) is 14.3. The molecule has 2 aliphatic rings. The van der Waals surface area contributed by atoms with Crippen LogP contribution in [0.3, 0.4) is 0 Å². The van der Waals surface area contributed by atoms with Gasteiger partial charge in [-0.15, -0.1) is 0 Å². The second kappa shape index (κ2) is 6.62. The van der Waals surface area contributed by atoms with Crippen LogP contribution in [0.15, 0.2) is 24.3 Å². The third-order valence-corrected chi connectivity index (χ3v) is 5.10. The Labute approximate surface area is 139 Å². The summed E-state index contributed by atoms with van der Waals surface area (Å²) in [5.74, 6) is 0.158. The molecule has 23 heavy (non-hydrogen) atoms. The van der Waals surface area contributed by atoms with Gasteiger partial charge in [-0.05, 0) is 63.8 Å². The van der Waals surface area contributed by atoms with Crippen LogP contribution < -0.4 is 0 Å². The number of benzene rings is 1. The van der Waals surface area contributed by atoms with E-state index in [1.54, 1.807) is 0 Å². The molecule has 4 nitrogen and oxygen atoms in total. The minimum Gasteiger partial charge on any atom is -0.390 e. The number of rotatable bonds is 4. The number of amides is 1. The Balaban J connectivity index is 1.59. The molecule has 1 aromatic rings. The van der Waals surface area contributed by atoms with Crippen molar-refractivity contribution in [3.05, 3.63) is 35.4 Å². The van der Waals surface area contributed by atoms with Crippen LogP contribution in [0.25, 0.3) is 0 Å². The summed E-state index contributed by atoms with van der Waals surface area (Å²) in [4.78, 5) is 17.2. The van der Waals surface area contributed by atoms with Crippen LogP contribution in [0.4, 0.5) is 0 Å². The van der Waals surface area contributed by atoms with Gasteiger partial charge >= 0.3 is 0 Å². The smallest absolute Gasteiger partial charge is 0.253 e. The number of carbonyl (C=O) groups excluding carboxylic acids is 1. The average molecular weight is 316 g/mol. The van der Waals surface area contributed by atoms with E-state index in [0.29, 0.717) is 6.04 Å². The highest BCUT2D eigenvalue weighted by molar-refractivity contribution is 5.94. The van der Waals surface area contributed by atoms with Crippen LogP contribution in [-0.4, -0.2) is 58.6 Å². The van der Waals surface area contributed by atoms with Crippen molar-refractivity contribution < 1.29 is 9.90 Å². The van der Waals surface area contributed by atoms with Gasteiger partial charge in [0.15, 0.2) is 0 Å². The summed E-state index contributed by atoms with van der Waals surface area (Å²) in [7, 11) is 0. The van der Waals surface area contributed by atoms with Crippen molar-refractivity contribution in [3.63, 3.8) is 0 Å². The molecular weight excluding hydrogens is 288 g/mol. The Bertz CT molecular complexity index is 547. The maximum Gasteiger partial charge on any atom is 0.253 e. The molecule has 0 aliphatic carbocycles. The molecule has 2 fully saturated rings. The number of piperazine rings is 1. The van der Waals surface area contributed by atoms with Gasteiger partial charge in [-0.1, -0.05) is 12.1 Å². The van der Waals surface area contributed by atoms with Crippen molar-refractivity contribution in [2.24, 2.45) is 0 Å². The van der Waals surface area contributed by atoms with Crippen molar-refractivity contribution in [2.45, 2.75) is 51.2 Å². The van der Waals surface area contributed by atoms with Gasteiger partial charge in [0.1, 0.15) is 0 Å². The lowest BCUT2D eigenvalue weighted by Crippen LogP contribution is -2.52. The number of nitrogens with zero attached hydrogens (tertiary/aromatic N) is 2. The first-order chi connectivity index (χ1) is 10.9. The fourth-order valence-electron chi connectivity index (χ4n) is 3.62. The van der Waals surface area contributed by atoms with Gasteiger partial charge in [0, 0.05) is 31.2 Å². The van der Waals surface area contributed by atoms with Gasteiger partial charge in [-0.2, -0.15) is 0 Å². The summed E-state index contributed by atoms with van der Waals surface area (Å²) >= 11 is 0. The van der Waals surface area contributed by atoms with Crippen molar-refractivity contribution in [1.29, 1.82) is 0 Å². The molecule has 4 heteroatoms. The van der Waals surface area contributed by atoms with E-state index in [0.717, 1.165) is 38.0 Å². The Morgan fingerprint density at radius 3 is 2.65 bits per heavy atom. The molecule has 1 aromatic carbocycles. The standard InChI is InChI=1S/C19H28N2O2/c1-19(2,23)10-9-15-5-7-16(8-6-15)18(22)21-13-12-20-11-3-4-17(20)14-21/h5-8,17,23H,3-4,9-14H2,1-2H3/t17-/m0/s1. The van der Waals surface area contributed by atoms with Crippen LogP contribution in [0.5, 0.6) is 0 Å². The third-order valence-electron chi connectivity index (χ3n) is 5.10. The lowest BCUT2D eigenvalue weighted by atomic mass is 9.98. The average Bonchev–Trinajstić information content (AvgIpc) is 2.99. The first kappa shape index (κ1) is 16.5. The van der Waals surface area contributed by atoms with Crippen molar-refractivity contribution in [3.8, 4) is 0 Å². The number of carbonyl (C=O) groups is 1. The number of hydrogen-bond acceptors (Lipinski definition) is 3. The molecule has 1 N–H and O–H groups in total. The van der Waals surface area contributed by atoms with Crippen LogP contribution in [-0.2, 0) is 6.42 Å². The quantitative estimate of drug-likeness (QED) is 0.927. The number of hydrogen-bond donors (Lipinski definition) is 1. The van der Waals surface area contributed by atoms with Gasteiger partial charge in [0.25, 0.3) is 5.91 Å². The first-order valence-electron chi connectivity index (χ1n) is 8.77. The minimum absolute atomic E-state index is 0.158. The Hall–Kier alpha value is -1.39.